The molecule has 1 saturated heterocycles. The van der Waals surface area contributed by atoms with Crippen molar-refractivity contribution in [2.24, 2.45) is 0 Å². The molecule has 22 heavy (non-hydrogen) atoms. The van der Waals surface area contributed by atoms with Gasteiger partial charge in [0.2, 0.25) is 0 Å². The summed E-state index contributed by atoms with van der Waals surface area (Å²) in [4.78, 5) is 17.8. The van der Waals surface area contributed by atoms with Gasteiger partial charge in [0.15, 0.2) is 0 Å². The van der Waals surface area contributed by atoms with Crippen LogP contribution in [0.4, 0.5) is 4.39 Å². The second kappa shape index (κ2) is 6.32. The molecule has 1 aliphatic heterocycles. The van der Waals surface area contributed by atoms with Crippen LogP contribution in [0.1, 0.15) is 18.7 Å². The first kappa shape index (κ1) is 15.4. The van der Waals surface area contributed by atoms with Gasteiger partial charge in [0.25, 0.3) is 0 Å². The Morgan fingerprint density at radius 3 is 2.55 bits per heavy atom. The molecule has 1 aliphatic rings. The maximum absolute atomic E-state index is 13.1. The van der Waals surface area contributed by atoms with E-state index in [-0.39, 0.29) is 22.9 Å². The van der Waals surface area contributed by atoms with E-state index >= 15 is 0 Å². The van der Waals surface area contributed by atoms with Crippen LogP contribution in [0.5, 0.6) is 0 Å². The Hall–Kier alpha value is -1.50. The number of rotatable bonds is 3. The lowest BCUT2D eigenvalue weighted by molar-refractivity contribution is -0.0702. The summed E-state index contributed by atoms with van der Waals surface area (Å²) in [5.41, 5.74) is 1.63. The molecule has 3 rings (SSSR count). The average molecular weight is 322 g/mol. The van der Waals surface area contributed by atoms with Crippen molar-refractivity contribution >= 4 is 11.3 Å². The van der Waals surface area contributed by atoms with Crippen LogP contribution < -0.4 is 4.87 Å². The molecule has 0 bridgehead atoms. The summed E-state index contributed by atoms with van der Waals surface area (Å²) in [5.74, 6) is -0.279. The molecule has 0 saturated carbocycles. The molecule has 2 atom stereocenters. The highest BCUT2D eigenvalue weighted by molar-refractivity contribution is 7.09. The minimum absolute atomic E-state index is 0.0799. The highest BCUT2D eigenvalue weighted by Gasteiger charge is 2.23. The number of hydrogen-bond acceptors (Lipinski definition) is 4. The van der Waals surface area contributed by atoms with Crippen molar-refractivity contribution in [3.8, 4) is 11.3 Å². The maximum Gasteiger partial charge on any atom is 0.305 e. The Morgan fingerprint density at radius 2 is 1.91 bits per heavy atom. The molecular weight excluding hydrogens is 303 g/mol. The maximum atomic E-state index is 13.1. The van der Waals surface area contributed by atoms with Crippen molar-refractivity contribution in [1.82, 2.24) is 9.88 Å². The third kappa shape index (κ3) is 3.45. The van der Waals surface area contributed by atoms with Crippen molar-refractivity contribution in [2.45, 2.75) is 32.6 Å². The minimum atomic E-state index is -0.279. The second-order valence-corrected chi connectivity index (χ2v) is 6.84. The van der Waals surface area contributed by atoms with E-state index in [9.17, 15) is 9.18 Å². The van der Waals surface area contributed by atoms with Gasteiger partial charge in [-0.05, 0) is 43.7 Å². The molecule has 1 aromatic heterocycles. The molecule has 0 amide bonds. The number of thiazole rings is 1. The zero-order chi connectivity index (χ0) is 15.7. The molecule has 0 spiro atoms. The first-order valence-corrected chi connectivity index (χ1v) is 8.18. The number of aromatic nitrogens is 1. The molecule has 1 aromatic carbocycles. The summed E-state index contributed by atoms with van der Waals surface area (Å²) in [7, 11) is 0. The molecule has 0 radical (unpaired) electrons. The van der Waals surface area contributed by atoms with Gasteiger partial charge in [-0.1, -0.05) is 11.3 Å². The fourth-order valence-corrected chi connectivity index (χ4v) is 3.83. The predicted octanol–water partition coefficient (Wildman–Crippen LogP) is 2.85. The van der Waals surface area contributed by atoms with Gasteiger partial charge in [-0.2, -0.15) is 0 Å². The van der Waals surface area contributed by atoms with Gasteiger partial charge >= 0.3 is 4.87 Å². The zero-order valence-electron chi connectivity index (χ0n) is 12.6. The van der Waals surface area contributed by atoms with Crippen molar-refractivity contribution in [2.75, 3.05) is 13.1 Å². The first-order chi connectivity index (χ1) is 10.5. The van der Waals surface area contributed by atoms with Crippen molar-refractivity contribution in [3.05, 3.63) is 44.6 Å². The number of hydrogen-bond donors (Lipinski definition) is 1. The predicted molar refractivity (Wildman–Crippen MR) is 85.6 cm³/mol. The highest BCUT2D eigenvalue weighted by atomic mass is 32.1. The molecule has 1 N–H and O–H groups in total. The minimum Gasteiger partial charge on any atom is -0.373 e. The zero-order valence-corrected chi connectivity index (χ0v) is 13.5. The van der Waals surface area contributed by atoms with E-state index < -0.39 is 0 Å². The number of ether oxygens (including phenoxy) is 1. The van der Waals surface area contributed by atoms with Crippen LogP contribution >= 0.6 is 11.3 Å². The number of halogens is 1. The largest absolute Gasteiger partial charge is 0.373 e. The van der Waals surface area contributed by atoms with Gasteiger partial charge in [0.1, 0.15) is 5.82 Å². The quantitative estimate of drug-likeness (QED) is 0.945. The monoisotopic (exact) mass is 322 g/mol. The molecule has 118 valence electrons. The highest BCUT2D eigenvalue weighted by Crippen LogP contribution is 2.26. The number of nitrogens with zero attached hydrogens (tertiary/aromatic N) is 1. The molecule has 4 nitrogen and oxygen atoms in total. The van der Waals surface area contributed by atoms with E-state index in [0.717, 1.165) is 29.2 Å². The first-order valence-electron chi connectivity index (χ1n) is 7.37. The van der Waals surface area contributed by atoms with Crippen molar-refractivity contribution < 1.29 is 9.13 Å². The molecule has 0 aliphatic carbocycles. The smallest absolute Gasteiger partial charge is 0.305 e. The van der Waals surface area contributed by atoms with E-state index in [1.807, 2.05) is 0 Å². The third-order valence-electron chi connectivity index (χ3n) is 3.72. The van der Waals surface area contributed by atoms with Crippen molar-refractivity contribution in [3.63, 3.8) is 0 Å². The molecular formula is C16H19FN2O2S. The lowest BCUT2D eigenvalue weighted by atomic mass is 10.1. The molecule has 1 fully saturated rings. The van der Waals surface area contributed by atoms with Crippen LogP contribution in [0.25, 0.3) is 11.3 Å². The molecule has 2 unspecified atom stereocenters. The van der Waals surface area contributed by atoms with E-state index in [0.29, 0.717) is 6.54 Å². The average Bonchev–Trinajstić information content (AvgIpc) is 2.79. The Kier molecular flexibility index (Phi) is 4.42. The van der Waals surface area contributed by atoms with Gasteiger partial charge < -0.3 is 9.72 Å². The van der Waals surface area contributed by atoms with Gasteiger partial charge in [0.05, 0.1) is 17.9 Å². The number of morpholine rings is 1. The van der Waals surface area contributed by atoms with Crippen LogP contribution in [-0.2, 0) is 11.3 Å². The summed E-state index contributed by atoms with van der Waals surface area (Å²) in [6.07, 6.45) is 0.377. The molecule has 2 aromatic rings. The van der Waals surface area contributed by atoms with E-state index in [2.05, 4.69) is 23.7 Å². The molecule has 2 heterocycles. The van der Waals surface area contributed by atoms with Gasteiger partial charge in [0, 0.05) is 24.5 Å². The number of benzene rings is 1. The van der Waals surface area contributed by atoms with E-state index in [1.165, 1.54) is 23.5 Å². The Balaban J connectivity index is 1.85. The number of H-pyrrole nitrogens is 1. The fourth-order valence-electron chi connectivity index (χ4n) is 2.94. The van der Waals surface area contributed by atoms with Crippen LogP contribution in [0.2, 0.25) is 0 Å². The fraction of sp³-hybridized carbons (Fsp3) is 0.438. The number of aromatic amines is 1. The van der Waals surface area contributed by atoms with Crippen LogP contribution in [0, 0.1) is 5.82 Å². The third-order valence-corrected chi connectivity index (χ3v) is 4.58. The summed E-state index contributed by atoms with van der Waals surface area (Å²) in [6, 6.07) is 6.21. The Morgan fingerprint density at radius 1 is 1.27 bits per heavy atom. The summed E-state index contributed by atoms with van der Waals surface area (Å²) in [5, 5.41) is 0. The normalized spacial score (nSPS) is 22.9. The van der Waals surface area contributed by atoms with Crippen LogP contribution in [-0.4, -0.2) is 35.2 Å². The van der Waals surface area contributed by atoms with E-state index in [4.69, 9.17) is 4.74 Å². The summed E-state index contributed by atoms with van der Waals surface area (Å²) >= 11 is 1.22. The Bertz CT molecular complexity index is 685. The Labute approximate surface area is 132 Å². The molecule has 6 heteroatoms. The lowest BCUT2D eigenvalue weighted by Gasteiger charge is -2.35. The second-order valence-electron chi connectivity index (χ2n) is 5.77. The summed E-state index contributed by atoms with van der Waals surface area (Å²) < 4.78 is 18.8. The van der Waals surface area contributed by atoms with Crippen LogP contribution in [0.15, 0.2) is 29.1 Å². The van der Waals surface area contributed by atoms with Gasteiger partial charge in [-0.15, -0.1) is 0 Å². The van der Waals surface area contributed by atoms with Gasteiger partial charge in [-0.25, -0.2) is 4.39 Å². The van der Waals surface area contributed by atoms with Gasteiger partial charge in [-0.3, -0.25) is 9.69 Å². The SMILES string of the molecule is CC1CN(Cc2sc(=O)[nH]c2-c2ccc(F)cc2)CC(C)O1. The standard InChI is InChI=1S/C16H19FN2O2S/c1-10-7-19(8-11(2)21-10)9-14-15(18-16(20)22-14)12-3-5-13(17)6-4-12/h3-6,10-11H,7-9H2,1-2H3,(H,18,20). The summed E-state index contributed by atoms with van der Waals surface area (Å²) in [6.45, 7) is 6.51. The topological polar surface area (TPSA) is 45.3 Å². The number of nitrogens with one attached hydrogen (secondary N) is 1. The van der Waals surface area contributed by atoms with Crippen LogP contribution in [0.3, 0.4) is 0 Å². The lowest BCUT2D eigenvalue weighted by Crippen LogP contribution is -2.44. The van der Waals surface area contributed by atoms with Crippen molar-refractivity contribution in [1.29, 1.82) is 0 Å². The van der Waals surface area contributed by atoms with E-state index in [1.54, 1.807) is 12.1 Å².